The second-order valence-electron chi connectivity index (χ2n) is 7.39. The SMILES string of the molecule is CCOC(=O)Cn1cnc2c(NC(=O)c3cccc(-c4ccccc4-c4nn[nH]n4)c3)ncnc21. The molecule has 0 aliphatic carbocycles. The van der Waals surface area contributed by atoms with Gasteiger partial charge in [0.1, 0.15) is 12.9 Å². The van der Waals surface area contributed by atoms with Crippen molar-refractivity contribution in [3.05, 3.63) is 66.7 Å². The summed E-state index contributed by atoms with van der Waals surface area (Å²) < 4.78 is 6.52. The highest BCUT2D eigenvalue weighted by molar-refractivity contribution is 6.07. The largest absolute Gasteiger partial charge is 0.465 e. The molecule has 2 aromatic carbocycles. The number of esters is 1. The van der Waals surface area contributed by atoms with Crippen LogP contribution in [0.4, 0.5) is 5.82 Å². The van der Waals surface area contributed by atoms with Crippen LogP contribution in [0.3, 0.4) is 0 Å². The van der Waals surface area contributed by atoms with E-state index in [2.05, 4.69) is 40.9 Å². The van der Waals surface area contributed by atoms with E-state index in [1.54, 1.807) is 29.7 Å². The third-order valence-corrected chi connectivity index (χ3v) is 5.19. The summed E-state index contributed by atoms with van der Waals surface area (Å²) in [7, 11) is 0. The Morgan fingerprint density at radius 2 is 1.91 bits per heavy atom. The lowest BCUT2D eigenvalue weighted by Gasteiger charge is -2.09. The monoisotopic (exact) mass is 469 g/mol. The van der Waals surface area contributed by atoms with E-state index in [4.69, 9.17) is 4.74 Å². The minimum Gasteiger partial charge on any atom is -0.465 e. The minimum absolute atomic E-state index is 0.0451. The van der Waals surface area contributed by atoms with Gasteiger partial charge >= 0.3 is 5.97 Å². The quantitative estimate of drug-likeness (QED) is 0.342. The molecule has 3 heterocycles. The Hall–Kier alpha value is -5.00. The number of nitrogens with zero attached hydrogens (tertiary/aromatic N) is 7. The van der Waals surface area contributed by atoms with Crippen LogP contribution >= 0.6 is 0 Å². The highest BCUT2D eigenvalue weighted by Crippen LogP contribution is 2.30. The standard InChI is InChI=1S/C23H19N9O3/c1-2-35-18(33)11-32-13-26-19-21(24-12-25-22(19)32)27-23(34)15-7-5-6-14(10-15)16-8-3-4-9-17(16)20-28-30-31-29-20/h3-10,12-13H,2,11H2,1H3,(H,24,25,27,34)(H,28,29,30,31). The molecule has 0 unspecified atom stereocenters. The molecule has 0 aliphatic rings. The summed E-state index contributed by atoms with van der Waals surface area (Å²) in [6, 6.07) is 14.8. The molecular formula is C23H19N9O3. The van der Waals surface area contributed by atoms with E-state index in [-0.39, 0.29) is 24.9 Å². The zero-order valence-corrected chi connectivity index (χ0v) is 18.5. The Balaban J connectivity index is 1.42. The van der Waals surface area contributed by atoms with Gasteiger partial charge in [-0.15, -0.1) is 10.2 Å². The summed E-state index contributed by atoms with van der Waals surface area (Å²) in [4.78, 5) is 37.6. The Morgan fingerprint density at radius 3 is 2.71 bits per heavy atom. The smallest absolute Gasteiger partial charge is 0.326 e. The number of aromatic amines is 1. The molecule has 5 aromatic rings. The number of benzene rings is 2. The Bertz CT molecular complexity index is 1510. The minimum atomic E-state index is -0.408. The van der Waals surface area contributed by atoms with Crippen molar-refractivity contribution in [1.82, 2.24) is 40.1 Å². The van der Waals surface area contributed by atoms with Crippen molar-refractivity contribution in [3.8, 4) is 22.5 Å². The van der Waals surface area contributed by atoms with E-state index >= 15 is 0 Å². The Morgan fingerprint density at radius 1 is 1.06 bits per heavy atom. The molecule has 174 valence electrons. The first-order valence-electron chi connectivity index (χ1n) is 10.7. The van der Waals surface area contributed by atoms with Gasteiger partial charge in [0.05, 0.1) is 12.9 Å². The van der Waals surface area contributed by atoms with E-state index in [9.17, 15) is 9.59 Å². The number of tetrazole rings is 1. The fourth-order valence-corrected chi connectivity index (χ4v) is 3.65. The van der Waals surface area contributed by atoms with Gasteiger partial charge in [-0.2, -0.15) is 5.21 Å². The van der Waals surface area contributed by atoms with E-state index in [1.807, 2.05) is 30.3 Å². The number of ether oxygens (including phenoxy) is 1. The normalized spacial score (nSPS) is 10.9. The first-order chi connectivity index (χ1) is 17.1. The number of carbonyl (C=O) groups excluding carboxylic acids is 2. The average molecular weight is 469 g/mol. The van der Waals surface area contributed by atoms with E-state index in [0.717, 1.165) is 16.7 Å². The van der Waals surface area contributed by atoms with Crippen LogP contribution in [0.1, 0.15) is 17.3 Å². The molecule has 5 rings (SSSR count). The van der Waals surface area contributed by atoms with E-state index < -0.39 is 5.97 Å². The highest BCUT2D eigenvalue weighted by Gasteiger charge is 2.17. The molecule has 2 N–H and O–H groups in total. The third-order valence-electron chi connectivity index (χ3n) is 5.19. The molecule has 0 spiro atoms. The molecule has 12 nitrogen and oxygen atoms in total. The van der Waals surface area contributed by atoms with Crippen molar-refractivity contribution in [1.29, 1.82) is 0 Å². The second-order valence-corrected chi connectivity index (χ2v) is 7.39. The van der Waals surface area contributed by atoms with Gasteiger partial charge in [0.15, 0.2) is 17.0 Å². The van der Waals surface area contributed by atoms with Crippen LogP contribution in [0.5, 0.6) is 0 Å². The number of hydrogen-bond acceptors (Lipinski definition) is 9. The molecule has 12 heteroatoms. The number of amides is 1. The summed E-state index contributed by atoms with van der Waals surface area (Å²) in [5, 5.41) is 17.0. The second kappa shape index (κ2) is 9.47. The summed E-state index contributed by atoms with van der Waals surface area (Å²) in [5.41, 5.74) is 3.64. The molecular weight excluding hydrogens is 450 g/mol. The van der Waals surface area contributed by atoms with Crippen LogP contribution in [0.15, 0.2) is 61.2 Å². The van der Waals surface area contributed by atoms with Gasteiger partial charge in [-0.25, -0.2) is 15.0 Å². The molecule has 3 aromatic heterocycles. The molecule has 0 saturated heterocycles. The predicted molar refractivity (Wildman–Crippen MR) is 125 cm³/mol. The number of hydrogen-bond donors (Lipinski definition) is 2. The van der Waals surface area contributed by atoms with Crippen molar-refractivity contribution in [2.45, 2.75) is 13.5 Å². The van der Waals surface area contributed by atoms with Crippen LogP contribution < -0.4 is 5.32 Å². The van der Waals surface area contributed by atoms with E-state index in [1.165, 1.54) is 12.7 Å². The van der Waals surface area contributed by atoms with Crippen molar-refractivity contribution in [2.75, 3.05) is 11.9 Å². The maximum atomic E-state index is 13.1. The lowest BCUT2D eigenvalue weighted by atomic mass is 9.97. The van der Waals surface area contributed by atoms with Gasteiger partial charge in [-0.05, 0) is 35.4 Å². The van der Waals surface area contributed by atoms with Gasteiger partial charge in [0.25, 0.3) is 5.91 Å². The number of nitrogens with one attached hydrogen (secondary N) is 2. The van der Waals surface area contributed by atoms with Crippen LogP contribution in [-0.2, 0) is 16.1 Å². The molecule has 0 fully saturated rings. The van der Waals surface area contributed by atoms with Gasteiger partial charge in [-0.1, -0.05) is 36.4 Å². The van der Waals surface area contributed by atoms with Gasteiger partial charge < -0.3 is 14.6 Å². The fourth-order valence-electron chi connectivity index (χ4n) is 3.65. The number of carbonyl (C=O) groups is 2. The summed E-state index contributed by atoms with van der Waals surface area (Å²) in [6.45, 7) is 1.97. The number of fused-ring (bicyclic) bond motifs is 1. The third kappa shape index (κ3) is 4.44. The lowest BCUT2D eigenvalue weighted by molar-refractivity contribution is -0.143. The molecule has 1 amide bonds. The van der Waals surface area contributed by atoms with Crippen molar-refractivity contribution in [3.63, 3.8) is 0 Å². The molecule has 35 heavy (non-hydrogen) atoms. The van der Waals surface area contributed by atoms with Crippen molar-refractivity contribution < 1.29 is 14.3 Å². The number of anilines is 1. The number of H-pyrrole nitrogens is 1. The summed E-state index contributed by atoms with van der Waals surface area (Å²) in [5.74, 6) is -0.0878. The summed E-state index contributed by atoms with van der Waals surface area (Å²) >= 11 is 0. The van der Waals surface area contributed by atoms with Crippen LogP contribution in [0.25, 0.3) is 33.7 Å². The number of imidazole rings is 1. The summed E-state index contributed by atoms with van der Waals surface area (Å²) in [6.07, 6.45) is 2.76. The molecule has 0 saturated carbocycles. The maximum Gasteiger partial charge on any atom is 0.326 e. The molecule has 0 atom stereocenters. The zero-order chi connectivity index (χ0) is 24.2. The first-order valence-corrected chi connectivity index (χ1v) is 10.7. The van der Waals surface area contributed by atoms with Crippen molar-refractivity contribution >= 4 is 28.9 Å². The van der Waals surface area contributed by atoms with Crippen LogP contribution in [0.2, 0.25) is 0 Å². The number of aromatic nitrogens is 8. The van der Waals surface area contributed by atoms with Gasteiger partial charge in [-0.3, -0.25) is 9.59 Å². The fraction of sp³-hybridized carbons (Fsp3) is 0.130. The number of rotatable bonds is 7. The average Bonchev–Trinajstić information content (AvgIpc) is 3.56. The lowest BCUT2D eigenvalue weighted by Crippen LogP contribution is -2.14. The maximum absolute atomic E-state index is 13.1. The molecule has 0 bridgehead atoms. The first kappa shape index (κ1) is 21.8. The highest BCUT2D eigenvalue weighted by atomic mass is 16.5. The van der Waals surface area contributed by atoms with Crippen LogP contribution in [0, 0.1) is 0 Å². The Kier molecular flexibility index (Phi) is 5.90. The Labute approximate surface area is 198 Å². The van der Waals surface area contributed by atoms with Gasteiger partial charge in [0.2, 0.25) is 5.82 Å². The van der Waals surface area contributed by atoms with Crippen LogP contribution in [-0.4, -0.2) is 58.6 Å². The van der Waals surface area contributed by atoms with Crippen molar-refractivity contribution in [2.24, 2.45) is 0 Å². The molecule has 0 aliphatic heterocycles. The topological polar surface area (TPSA) is 153 Å². The zero-order valence-electron chi connectivity index (χ0n) is 18.5. The van der Waals surface area contributed by atoms with E-state index in [0.29, 0.717) is 22.6 Å². The predicted octanol–water partition coefficient (Wildman–Crippen LogP) is 2.49. The van der Waals surface area contributed by atoms with Gasteiger partial charge in [0, 0.05) is 11.1 Å². The molecule has 0 radical (unpaired) electrons.